The van der Waals surface area contributed by atoms with Crippen LogP contribution in [0.25, 0.3) is 0 Å². The summed E-state index contributed by atoms with van der Waals surface area (Å²) in [7, 11) is 1.74. The van der Waals surface area contributed by atoms with Crippen LogP contribution in [0.15, 0.2) is 48.8 Å². The van der Waals surface area contributed by atoms with Crippen LogP contribution in [-0.2, 0) is 5.41 Å². The maximum atomic E-state index is 5.47. The van der Waals surface area contributed by atoms with Crippen molar-refractivity contribution in [2.45, 2.75) is 44.9 Å². The highest BCUT2D eigenvalue weighted by Crippen LogP contribution is 2.34. The summed E-state index contributed by atoms with van der Waals surface area (Å²) in [5.41, 5.74) is 2.74. The fourth-order valence-electron chi connectivity index (χ4n) is 2.71. The van der Waals surface area contributed by atoms with Crippen molar-refractivity contribution >= 4 is 0 Å². The van der Waals surface area contributed by atoms with Gasteiger partial charge in [0.2, 0.25) is 0 Å². The minimum Gasteiger partial charge on any atom is -0.496 e. The predicted molar refractivity (Wildman–Crippen MR) is 87.9 cm³/mol. The number of rotatable bonds is 6. The van der Waals surface area contributed by atoms with Crippen molar-refractivity contribution in [3.8, 4) is 5.75 Å². The lowest BCUT2D eigenvalue weighted by Crippen LogP contribution is -2.18. The van der Waals surface area contributed by atoms with E-state index in [-0.39, 0.29) is 5.41 Å². The zero-order valence-electron chi connectivity index (χ0n) is 13.5. The Kier molecular flexibility index (Phi) is 5.00. The molecule has 0 fully saturated rings. The second kappa shape index (κ2) is 6.75. The fourth-order valence-corrected chi connectivity index (χ4v) is 2.71. The average Bonchev–Trinajstić information content (AvgIpc) is 2.53. The third-order valence-corrected chi connectivity index (χ3v) is 4.32. The molecule has 0 aliphatic carbocycles. The molecule has 0 aliphatic heterocycles. The lowest BCUT2D eigenvalue weighted by Gasteiger charge is -2.27. The molecule has 112 valence electrons. The number of pyridine rings is 1. The lowest BCUT2D eigenvalue weighted by molar-refractivity contribution is 0.396. The van der Waals surface area contributed by atoms with Gasteiger partial charge in [-0.25, -0.2) is 0 Å². The van der Waals surface area contributed by atoms with Crippen LogP contribution in [-0.4, -0.2) is 12.1 Å². The second-order valence-electron chi connectivity index (χ2n) is 6.31. The Morgan fingerprint density at radius 3 is 2.57 bits per heavy atom. The van der Waals surface area contributed by atoms with E-state index in [1.54, 1.807) is 7.11 Å². The first-order valence-electron chi connectivity index (χ1n) is 7.58. The topological polar surface area (TPSA) is 22.1 Å². The van der Waals surface area contributed by atoms with Crippen molar-refractivity contribution in [2.24, 2.45) is 0 Å². The molecule has 0 spiro atoms. The minimum atomic E-state index is 0.143. The smallest absolute Gasteiger partial charge is 0.122 e. The van der Waals surface area contributed by atoms with Gasteiger partial charge in [-0.1, -0.05) is 45.0 Å². The van der Waals surface area contributed by atoms with Gasteiger partial charge in [-0.15, -0.1) is 0 Å². The Bertz CT molecular complexity index is 563. The molecule has 0 amide bonds. The summed E-state index contributed by atoms with van der Waals surface area (Å²) in [4.78, 5) is 4.24. The van der Waals surface area contributed by atoms with E-state index in [4.69, 9.17) is 4.74 Å². The van der Waals surface area contributed by atoms with Gasteiger partial charge in [0.15, 0.2) is 0 Å². The van der Waals surface area contributed by atoms with Crippen LogP contribution in [0.3, 0.4) is 0 Å². The van der Waals surface area contributed by atoms with Crippen LogP contribution < -0.4 is 4.74 Å². The molecule has 0 saturated heterocycles. The minimum absolute atomic E-state index is 0.143. The van der Waals surface area contributed by atoms with Crippen molar-refractivity contribution in [1.82, 2.24) is 4.98 Å². The monoisotopic (exact) mass is 283 g/mol. The molecular formula is C19H25NO. The number of benzene rings is 1. The van der Waals surface area contributed by atoms with E-state index in [0.29, 0.717) is 5.92 Å². The maximum absolute atomic E-state index is 5.47. The van der Waals surface area contributed by atoms with Crippen molar-refractivity contribution < 1.29 is 4.74 Å². The first-order valence-corrected chi connectivity index (χ1v) is 7.58. The molecule has 0 bridgehead atoms. The van der Waals surface area contributed by atoms with E-state index in [0.717, 1.165) is 18.6 Å². The van der Waals surface area contributed by atoms with Crippen LogP contribution >= 0.6 is 0 Å². The molecule has 0 aliphatic rings. The van der Waals surface area contributed by atoms with Gasteiger partial charge in [0.1, 0.15) is 5.75 Å². The molecule has 1 unspecified atom stereocenters. The molecule has 2 rings (SSSR count). The number of methoxy groups -OCH3 is 1. The zero-order valence-corrected chi connectivity index (χ0v) is 13.5. The van der Waals surface area contributed by atoms with Gasteiger partial charge < -0.3 is 4.74 Å². The van der Waals surface area contributed by atoms with Crippen LogP contribution in [0.4, 0.5) is 0 Å². The molecule has 0 radical (unpaired) electrons. The Hall–Kier alpha value is -1.83. The third kappa shape index (κ3) is 3.84. The van der Waals surface area contributed by atoms with Gasteiger partial charge in [0.25, 0.3) is 0 Å². The number of hydrogen-bond donors (Lipinski definition) is 0. The first kappa shape index (κ1) is 15.6. The number of aromatic nitrogens is 1. The number of para-hydroxylation sites is 1. The van der Waals surface area contributed by atoms with Crippen LogP contribution in [0, 0.1) is 0 Å². The Labute approximate surface area is 128 Å². The molecule has 1 heterocycles. The third-order valence-electron chi connectivity index (χ3n) is 4.32. The van der Waals surface area contributed by atoms with Crippen LogP contribution in [0.2, 0.25) is 0 Å². The van der Waals surface area contributed by atoms with Gasteiger partial charge in [-0.05, 0) is 47.4 Å². The van der Waals surface area contributed by atoms with Crippen molar-refractivity contribution in [3.05, 3.63) is 59.9 Å². The van der Waals surface area contributed by atoms with Crippen LogP contribution in [0.5, 0.6) is 5.75 Å². The Morgan fingerprint density at radius 2 is 1.90 bits per heavy atom. The molecule has 0 saturated carbocycles. The molecule has 2 aromatic rings. The SMILES string of the molecule is COc1ccccc1C(C)CCC(C)(C)c1cccnc1. The number of nitrogens with zero attached hydrogens (tertiary/aromatic N) is 1. The predicted octanol–water partition coefficient (Wildman–Crippen LogP) is 4.95. The first-order chi connectivity index (χ1) is 10.0. The molecule has 0 N–H and O–H groups in total. The van der Waals surface area contributed by atoms with E-state index in [2.05, 4.69) is 44.0 Å². The molecule has 2 nitrogen and oxygen atoms in total. The van der Waals surface area contributed by atoms with E-state index in [9.17, 15) is 0 Å². The van der Waals surface area contributed by atoms with E-state index in [1.165, 1.54) is 11.1 Å². The standard InChI is InChI=1S/C19H25NO/c1-15(17-9-5-6-10-18(17)21-4)11-12-19(2,3)16-8-7-13-20-14-16/h5-10,13-15H,11-12H2,1-4H3. The number of ether oxygens (including phenoxy) is 1. The number of hydrogen-bond acceptors (Lipinski definition) is 2. The van der Waals surface area contributed by atoms with Crippen molar-refractivity contribution in [3.63, 3.8) is 0 Å². The summed E-state index contributed by atoms with van der Waals surface area (Å²) < 4.78 is 5.47. The van der Waals surface area contributed by atoms with E-state index < -0.39 is 0 Å². The summed E-state index contributed by atoms with van der Waals surface area (Å²) in [5, 5.41) is 0. The lowest BCUT2D eigenvalue weighted by atomic mass is 9.78. The van der Waals surface area contributed by atoms with E-state index in [1.807, 2.05) is 30.6 Å². The highest BCUT2D eigenvalue weighted by Gasteiger charge is 2.22. The average molecular weight is 283 g/mol. The van der Waals surface area contributed by atoms with Gasteiger partial charge in [0.05, 0.1) is 7.11 Å². The second-order valence-corrected chi connectivity index (χ2v) is 6.31. The summed E-state index contributed by atoms with van der Waals surface area (Å²) >= 11 is 0. The van der Waals surface area contributed by atoms with Gasteiger partial charge >= 0.3 is 0 Å². The maximum Gasteiger partial charge on any atom is 0.122 e. The summed E-state index contributed by atoms with van der Waals surface area (Å²) in [5.74, 6) is 1.47. The fraction of sp³-hybridized carbons (Fsp3) is 0.421. The molecule has 1 aromatic carbocycles. The van der Waals surface area contributed by atoms with Gasteiger partial charge in [-0.2, -0.15) is 0 Å². The summed E-state index contributed by atoms with van der Waals surface area (Å²) in [6, 6.07) is 12.5. The van der Waals surface area contributed by atoms with Gasteiger partial charge in [-0.3, -0.25) is 4.98 Å². The highest BCUT2D eigenvalue weighted by molar-refractivity contribution is 5.35. The highest BCUT2D eigenvalue weighted by atomic mass is 16.5. The molecule has 2 heteroatoms. The molecule has 1 aromatic heterocycles. The quantitative estimate of drug-likeness (QED) is 0.748. The van der Waals surface area contributed by atoms with E-state index >= 15 is 0 Å². The van der Waals surface area contributed by atoms with Crippen LogP contribution in [0.1, 0.15) is 50.7 Å². The summed E-state index contributed by atoms with van der Waals surface area (Å²) in [6.07, 6.45) is 6.06. The molecular weight excluding hydrogens is 258 g/mol. The van der Waals surface area contributed by atoms with Crippen molar-refractivity contribution in [1.29, 1.82) is 0 Å². The van der Waals surface area contributed by atoms with Gasteiger partial charge in [0, 0.05) is 12.4 Å². The molecule has 21 heavy (non-hydrogen) atoms. The largest absolute Gasteiger partial charge is 0.496 e. The summed E-state index contributed by atoms with van der Waals surface area (Å²) in [6.45, 7) is 6.86. The zero-order chi connectivity index (χ0) is 15.3. The molecule has 1 atom stereocenters. The van der Waals surface area contributed by atoms with Crippen molar-refractivity contribution in [2.75, 3.05) is 7.11 Å². The Balaban J connectivity index is 2.05. The Morgan fingerprint density at radius 1 is 1.14 bits per heavy atom. The normalized spacial score (nSPS) is 13.0.